The lowest BCUT2D eigenvalue weighted by atomic mass is 10.1. The average molecular weight is 560 g/mol. The minimum absolute atomic E-state index is 0.0131. The van der Waals surface area contributed by atoms with Crippen LogP contribution in [-0.2, 0) is 22.1 Å². The molecule has 0 aromatic heterocycles. The van der Waals surface area contributed by atoms with Crippen LogP contribution < -0.4 is 9.47 Å². The fourth-order valence-electron chi connectivity index (χ4n) is 3.11. The molecule has 150 valence electrons. The second kappa shape index (κ2) is 7.85. The third-order valence-electron chi connectivity index (χ3n) is 4.27. The molecule has 1 aliphatic heterocycles. The van der Waals surface area contributed by atoms with Crippen molar-refractivity contribution in [3.05, 3.63) is 49.3 Å². The first-order chi connectivity index (χ1) is 13.1. The summed E-state index contributed by atoms with van der Waals surface area (Å²) in [5, 5.41) is -0.0699. The molecule has 0 saturated carbocycles. The molecule has 0 spiro atoms. The first kappa shape index (κ1) is 21.4. The number of carbonyl (C=O) groups excluding carboxylic acids is 1. The van der Waals surface area contributed by atoms with Gasteiger partial charge in [0.05, 0.1) is 28.4 Å². The van der Waals surface area contributed by atoms with Crippen LogP contribution >= 0.6 is 44.9 Å². The van der Waals surface area contributed by atoms with Crippen LogP contribution in [0.15, 0.2) is 23.1 Å². The summed E-state index contributed by atoms with van der Waals surface area (Å²) >= 11 is 7.60. The van der Waals surface area contributed by atoms with E-state index in [2.05, 4.69) is 0 Å². The summed E-state index contributed by atoms with van der Waals surface area (Å²) in [6.45, 7) is 0.0815. The van der Waals surface area contributed by atoms with Crippen molar-refractivity contribution >= 4 is 59.8 Å². The maximum absolute atomic E-state index is 13.4. The number of methoxy groups -OCH3 is 2. The predicted octanol–water partition coefficient (Wildman–Crippen LogP) is 4.18. The van der Waals surface area contributed by atoms with Gasteiger partial charge in [-0.05, 0) is 40.3 Å². The molecule has 0 aliphatic carbocycles. The van der Waals surface area contributed by atoms with Crippen LogP contribution in [0.3, 0.4) is 0 Å². The van der Waals surface area contributed by atoms with Crippen LogP contribution in [0.4, 0.5) is 4.39 Å². The fraction of sp³-hybridized carbons (Fsp3) is 0.235. The van der Waals surface area contributed by atoms with Gasteiger partial charge in [0.25, 0.3) is 15.0 Å². The van der Waals surface area contributed by atoms with E-state index in [1.54, 1.807) is 22.6 Å². The topological polar surface area (TPSA) is 72.9 Å². The van der Waals surface area contributed by atoms with Gasteiger partial charge < -0.3 is 14.4 Å². The Hall–Kier alpha value is -1.30. The van der Waals surface area contributed by atoms with Gasteiger partial charge in [-0.1, -0.05) is 17.7 Å². The molecule has 0 N–H and O–H groups in total. The number of hydrogen-bond acceptors (Lipinski definition) is 5. The zero-order chi connectivity index (χ0) is 20.8. The number of carbonyl (C=O) groups is 1. The maximum atomic E-state index is 13.4. The Balaban J connectivity index is 2.14. The van der Waals surface area contributed by atoms with E-state index in [9.17, 15) is 17.6 Å². The largest absolute Gasteiger partial charge is 0.492 e. The summed E-state index contributed by atoms with van der Waals surface area (Å²) in [6, 6.07) is 4.11. The van der Waals surface area contributed by atoms with E-state index in [-0.39, 0.29) is 49.2 Å². The fourth-order valence-corrected chi connectivity index (χ4v) is 6.65. The first-order valence-corrected chi connectivity index (χ1v) is 11.5. The van der Waals surface area contributed by atoms with Gasteiger partial charge in [0.1, 0.15) is 10.7 Å². The highest BCUT2D eigenvalue weighted by Crippen LogP contribution is 2.47. The van der Waals surface area contributed by atoms with Crippen molar-refractivity contribution < 1.29 is 27.1 Å². The number of nitrogens with zero attached hydrogens (tertiary/aromatic N) is 1. The third kappa shape index (κ3) is 3.64. The molecule has 0 unspecified atom stereocenters. The number of hydrogen-bond donors (Lipinski definition) is 0. The summed E-state index contributed by atoms with van der Waals surface area (Å²) in [5.41, 5.74) is 0.894. The van der Waals surface area contributed by atoms with E-state index < -0.39 is 20.8 Å². The highest BCUT2D eigenvalue weighted by atomic mass is 127. The standard InChI is InChI=1S/C17H13Cl2FINO5S/c1-26-14-12-9(16(28(19,24)25)13(21)15(14)27-2)7-22(17(12)23)6-8-3-4-11(20)10(18)5-8/h3-5H,6-7H2,1-2H3. The van der Waals surface area contributed by atoms with Crippen molar-refractivity contribution in [3.63, 3.8) is 0 Å². The maximum Gasteiger partial charge on any atom is 0.262 e. The minimum Gasteiger partial charge on any atom is -0.492 e. The zero-order valence-electron chi connectivity index (χ0n) is 14.6. The number of ether oxygens (including phenoxy) is 2. The quantitative estimate of drug-likeness (QED) is 0.406. The lowest BCUT2D eigenvalue weighted by Crippen LogP contribution is -2.23. The van der Waals surface area contributed by atoms with E-state index in [0.29, 0.717) is 5.56 Å². The molecule has 0 bridgehead atoms. The van der Waals surface area contributed by atoms with Crippen LogP contribution in [0.2, 0.25) is 5.02 Å². The van der Waals surface area contributed by atoms with Gasteiger partial charge in [-0.2, -0.15) is 0 Å². The summed E-state index contributed by atoms with van der Waals surface area (Å²) < 4.78 is 48.7. The second-order valence-electron chi connectivity index (χ2n) is 5.91. The molecule has 2 aromatic carbocycles. The molecule has 0 atom stereocenters. The van der Waals surface area contributed by atoms with Crippen molar-refractivity contribution in [1.29, 1.82) is 0 Å². The van der Waals surface area contributed by atoms with E-state index in [4.69, 9.17) is 31.8 Å². The Morgan fingerprint density at radius 2 is 1.89 bits per heavy atom. The van der Waals surface area contributed by atoms with Gasteiger partial charge in [0.15, 0.2) is 11.5 Å². The van der Waals surface area contributed by atoms with Crippen LogP contribution in [0.25, 0.3) is 0 Å². The van der Waals surface area contributed by atoms with Gasteiger partial charge in [-0.25, -0.2) is 12.8 Å². The van der Waals surface area contributed by atoms with Crippen LogP contribution in [0, 0.1) is 9.39 Å². The smallest absolute Gasteiger partial charge is 0.262 e. The monoisotopic (exact) mass is 559 g/mol. The number of fused-ring (bicyclic) bond motifs is 1. The molecule has 28 heavy (non-hydrogen) atoms. The normalized spacial score (nSPS) is 13.6. The Morgan fingerprint density at radius 1 is 1.25 bits per heavy atom. The summed E-state index contributed by atoms with van der Waals surface area (Å²) in [5.74, 6) is -0.779. The molecule has 0 saturated heterocycles. The van der Waals surface area contributed by atoms with Gasteiger partial charge in [0.2, 0.25) is 0 Å². The molecule has 1 aliphatic rings. The van der Waals surface area contributed by atoms with E-state index in [0.717, 1.165) is 0 Å². The van der Waals surface area contributed by atoms with Crippen molar-refractivity contribution in [2.24, 2.45) is 0 Å². The third-order valence-corrected chi connectivity index (χ3v) is 7.35. The molecular weight excluding hydrogens is 547 g/mol. The van der Waals surface area contributed by atoms with Crippen molar-refractivity contribution in [3.8, 4) is 11.5 Å². The number of benzene rings is 2. The molecule has 6 nitrogen and oxygen atoms in total. The Labute approximate surface area is 184 Å². The molecule has 0 radical (unpaired) electrons. The average Bonchev–Trinajstić information content (AvgIpc) is 2.91. The van der Waals surface area contributed by atoms with Gasteiger partial charge in [-0.15, -0.1) is 0 Å². The van der Waals surface area contributed by atoms with Crippen LogP contribution in [-0.4, -0.2) is 33.4 Å². The molecule has 3 rings (SSSR count). The molecule has 1 amide bonds. The zero-order valence-corrected chi connectivity index (χ0v) is 19.0. The summed E-state index contributed by atoms with van der Waals surface area (Å²) in [4.78, 5) is 14.3. The van der Waals surface area contributed by atoms with E-state index in [1.165, 1.54) is 37.3 Å². The minimum atomic E-state index is -4.17. The number of amides is 1. The van der Waals surface area contributed by atoms with Crippen LogP contribution in [0.5, 0.6) is 11.5 Å². The highest BCUT2D eigenvalue weighted by molar-refractivity contribution is 14.1. The lowest BCUT2D eigenvalue weighted by molar-refractivity contribution is 0.0763. The first-order valence-electron chi connectivity index (χ1n) is 7.74. The Morgan fingerprint density at radius 3 is 2.43 bits per heavy atom. The lowest BCUT2D eigenvalue weighted by Gasteiger charge is -2.16. The summed E-state index contributed by atoms with van der Waals surface area (Å²) in [6.07, 6.45) is 0. The molecule has 1 heterocycles. The summed E-state index contributed by atoms with van der Waals surface area (Å²) in [7, 11) is 4.18. The Kier molecular flexibility index (Phi) is 6.00. The van der Waals surface area contributed by atoms with Gasteiger partial charge in [0, 0.05) is 29.3 Å². The molecular formula is C17H13Cl2FINO5S. The highest BCUT2D eigenvalue weighted by Gasteiger charge is 2.40. The Bertz CT molecular complexity index is 1090. The molecule has 2 aromatic rings. The molecule has 0 fully saturated rings. The van der Waals surface area contributed by atoms with Crippen LogP contribution in [0.1, 0.15) is 21.5 Å². The van der Waals surface area contributed by atoms with Gasteiger partial charge >= 0.3 is 0 Å². The molecule has 11 heteroatoms. The van der Waals surface area contributed by atoms with Crippen molar-refractivity contribution in [2.45, 2.75) is 18.0 Å². The number of rotatable bonds is 5. The van der Waals surface area contributed by atoms with E-state index >= 15 is 0 Å². The predicted molar refractivity (Wildman–Crippen MR) is 110 cm³/mol. The van der Waals surface area contributed by atoms with Crippen molar-refractivity contribution in [2.75, 3.05) is 14.2 Å². The van der Waals surface area contributed by atoms with Crippen molar-refractivity contribution in [1.82, 2.24) is 4.90 Å². The van der Waals surface area contributed by atoms with E-state index in [1.807, 2.05) is 0 Å². The second-order valence-corrected chi connectivity index (χ2v) is 9.90. The number of halogens is 4. The van der Waals surface area contributed by atoms with Gasteiger partial charge in [-0.3, -0.25) is 4.79 Å². The SMILES string of the molecule is COc1c(I)c(S(=O)(=O)Cl)c2c(c1OC)C(=O)N(Cc1ccc(F)c(Cl)c1)C2.